The normalized spacial score (nSPS) is 16.0. The van der Waals surface area contributed by atoms with Gasteiger partial charge < -0.3 is 10.1 Å². The highest BCUT2D eigenvalue weighted by molar-refractivity contribution is 6.30. The first kappa shape index (κ1) is 19.2. The number of nitrogens with zero attached hydrogens (tertiary/aromatic N) is 1. The van der Waals surface area contributed by atoms with Crippen molar-refractivity contribution in [3.05, 3.63) is 76.3 Å². The summed E-state index contributed by atoms with van der Waals surface area (Å²) in [6.45, 7) is 1.87. The minimum Gasteiger partial charge on any atom is -0.381 e. The Labute approximate surface area is 164 Å². The molecule has 0 atom stereocenters. The molecule has 1 fully saturated rings. The van der Waals surface area contributed by atoms with Crippen LogP contribution in [0.1, 0.15) is 29.5 Å². The topological polar surface area (TPSA) is 62.1 Å². The van der Waals surface area contributed by atoms with Crippen molar-refractivity contribution in [1.29, 1.82) is 5.26 Å². The lowest BCUT2D eigenvalue weighted by Gasteiger charge is -2.37. The molecule has 0 bridgehead atoms. The lowest BCUT2D eigenvalue weighted by Crippen LogP contribution is -2.44. The van der Waals surface area contributed by atoms with Gasteiger partial charge in [0.15, 0.2) is 0 Å². The van der Waals surface area contributed by atoms with E-state index in [-0.39, 0.29) is 11.3 Å². The molecule has 4 nitrogen and oxygen atoms in total. The molecule has 2 aromatic rings. The smallest absolute Gasteiger partial charge is 0.244 e. The van der Waals surface area contributed by atoms with E-state index in [4.69, 9.17) is 21.6 Å². The Hall–Kier alpha value is -2.61. The van der Waals surface area contributed by atoms with Crippen molar-refractivity contribution < 1.29 is 9.53 Å². The summed E-state index contributed by atoms with van der Waals surface area (Å²) in [6, 6.07) is 17.1. The maximum absolute atomic E-state index is 12.4. The predicted molar refractivity (Wildman–Crippen MR) is 106 cm³/mol. The molecule has 5 heteroatoms. The summed E-state index contributed by atoms with van der Waals surface area (Å²) in [6.07, 6.45) is 4.84. The summed E-state index contributed by atoms with van der Waals surface area (Å²) in [7, 11) is 0. The lowest BCUT2D eigenvalue weighted by molar-refractivity contribution is -0.116. The molecule has 1 saturated heterocycles. The molecule has 0 aliphatic carbocycles. The molecule has 138 valence electrons. The Morgan fingerprint density at radius 3 is 2.59 bits per heavy atom. The number of benzene rings is 2. The fourth-order valence-electron chi connectivity index (χ4n) is 3.36. The van der Waals surface area contributed by atoms with Gasteiger partial charge in [-0.3, -0.25) is 4.79 Å². The van der Waals surface area contributed by atoms with Gasteiger partial charge in [0.25, 0.3) is 0 Å². The second kappa shape index (κ2) is 8.85. The van der Waals surface area contributed by atoms with Crippen LogP contribution < -0.4 is 5.32 Å². The van der Waals surface area contributed by atoms with Crippen LogP contribution in [0, 0.1) is 11.3 Å². The number of rotatable bonds is 5. The van der Waals surface area contributed by atoms with Gasteiger partial charge in [-0.05, 0) is 48.2 Å². The monoisotopic (exact) mass is 380 g/mol. The van der Waals surface area contributed by atoms with E-state index in [0.29, 0.717) is 30.3 Å². The fourth-order valence-corrected chi connectivity index (χ4v) is 3.48. The first-order chi connectivity index (χ1) is 13.1. The Morgan fingerprint density at radius 1 is 1.19 bits per heavy atom. The zero-order valence-corrected chi connectivity index (χ0v) is 15.7. The van der Waals surface area contributed by atoms with Gasteiger partial charge in [-0.1, -0.05) is 41.9 Å². The highest BCUT2D eigenvalue weighted by atomic mass is 35.5. The number of nitrogens with one attached hydrogen (secondary N) is 1. The van der Waals surface area contributed by atoms with E-state index in [9.17, 15) is 4.79 Å². The van der Waals surface area contributed by atoms with Crippen LogP contribution in [-0.2, 0) is 14.9 Å². The Balaban J connectivity index is 1.70. The second-order valence-electron chi connectivity index (χ2n) is 6.65. The van der Waals surface area contributed by atoms with Crippen molar-refractivity contribution in [1.82, 2.24) is 5.32 Å². The van der Waals surface area contributed by atoms with Crippen molar-refractivity contribution in [3.8, 4) is 6.07 Å². The van der Waals surface area contributed by atoms with E-state index >= 15 is 0 Å². The summed E-state index contributed by atoms with van der Waals surface area (Å²) in [5.74, 6) is -0.178. The molecule has 3 rings (SSSR count). The van der Waals surface area contributed by atoms with Gasteiger partial charge in [-0.2, -0.15) is 5.26 Å². The van der Waals surface area contributed by atoms with Crippen LogP contribution in [0.15, 0.2) is 54.6 Å². The molecule has 0 unspecified atom stereocenters. The Bertz CT molecular complexity index is 863. The van der Waals surface area contributed by atoms with E-state index in [2.05, 4.69) is 11.4 Å². The minimum atomic E-state index is -0.178. The van der Waals surface area contributed by atoms with Crippen molar-refractivity contribution in [2.75, 3.05) is 19.8 Å². The van der Waals surface area contributed by atoms with Crippen LogP contribution in [0.4, 0.5) is 0 Å². The van der Waals surface area contributed by atoms with E-state index < -0.39 is 0 Å². The number of amides is 1. The number of carbonyl (C=O) groups is 1. The number of hydrogen-bond donors (Lipinski definition) is 1. The Morgan fingerprint density at radius 2 is 1.89 bits per heavy atom. The first-order valence-electron chi connectivity index (χ1n) is 8.92. The van der Waals surface area contributed by atoms with Gasteiger partial charge in [0, 0.05) is 36.3 Å². The van der Waals surface area contributed by atoms with E-state index in [1.54, 1.807) is 18.2 Å². The average molecular weight is 381 g/mol. The SMILES string of the molecule is N#Cc1ccccc1/C=C/C(=O)NCC1(c2ccc(Cl)cc2)CCOCC1. The van der Waals surface area contributed by atoms with Crippen molar-refractivity contribution in [2.24, 2.45) is 0 Å². The summed E-state index contributed by atoms with van der Waals surface area (Å²) >= 11 is 6.02. The van der Waals surface area contributed by atoms with Crippen molar-refractivity contribution >= 4 is 23.6 Å². The molecule has 1 aliphatic rings. The molecule has 1 amide bonds. The standard InChI is InChI=1S/C22H21ClN2O2/c23-20-8-6-19(7-9-20)22(11-13-27-14-12-22)16-25-21(26)10-5-17-3-1-2-4-18(17)15-24/h1-10H,11-14,16H2,(H,25,26)/b10-5+. The largest absolute Gasteiger partial charge is 0.381 e. The van der Waals surface area contributed by atoms with Gasteiger partial charge in [0.05, 0.1) is 11.6 Å². The molecule has 0 radical (unpaired) electrons. The lowest BCUT2D eigenvalue weighted by atomic mass is 9.74. The Kier molecular flexibility index (Phi) is 6.28. The van der Waals surface area contributed by atoms with E-state index in [0.717, 1.165) is 24.0 Å². The third kappa shape index (κ3) is 4.77. The van der Waals surface area contributed by atoms with Crippen LogP contribution in [-0.4, -0.2) is 25.7 Å². The van der Waals surface area contributed by atoms with Gasteiger partial charge in [0.2, 0.25) is 5.91 Å². The number of carbonyl (C=O) groups excluding carboxylic acids is 1. The molecule has 1 heterocycles. The molecule has 0 spiro atoms. The van der Waals surface area contributed by atoms with Gasteiger partial charge in [-0.25, -0.2) is 0 Å². The molecule has 27 heavy (non-hydrogen) atoms. The van der Waals surface area contributed by atoms with Crippen LogP contribution in [0.2, 0.25) is 5.02 Å². The number of ether oxygens (including phenoxy) is 1. The van der Waals surface area contributed by atoms with Crippen molar-refractivity contribution in [2.45, 2.75) is 18.3 Å². The van der Waals surface area contributed by atoms with E-state index in [1.165, 1.54) is 6.08 Å². The molecule has 1 N–H and O–H groups in total. The third-order valence-corrected chi connectivity index (χ3v) is 5.25. The zero-order valence-electron chi connectivity index (χ0n) is 15.0. The van der Waals surface area contributed by atoms with Gasteiger partial charge >= 0.3 is 0 Å². The second-order valence-corrected chi connectivity index (χ2v) is 7.09. The summed E-state index contributed by atoms with van der Waals surface area (Å²) < 4.78 is 5.52. The number of nitriles is 1. The molecular weight excluding hydrogens is 360 g/mol. The van der Waals surface area contributed by atoms with Crippen LogP contribution in [0.3, 0.4) is 0 Å². The number of hydrogen-bond acceptors (Lipinski definition) is 3. The highest BCUT2D eigenvalue weighted by Gasteiger charge is 2.34. The minimum absolute atomic E-state index is 0.156. The summed E-state index contributed by atoms with van der Waals surface area (Å²) in [5.41, 5.74) is 2.28. The fraction of sp³-hybridized carbons (Fsp3) is 0.273. The van der Waals surface area contributed by atoms with Crippen LogP contribution in [0.5, 0.6) is 0 Å². The van der Waals surface area contributed by atoms with Crippen LogP contribution >= 0.6 is 11.6 Å². The highest BCUT2D eigenvalue weighted by Crippen LogP contribution is 2.34. The summed E-state index contributed by atoms with van der Waals surface area (Å²) in [4.78, 5) is 12.4. The molecule has 1 aliphatic heterocycles. The zero-order chi connectivity index (χ0) is 19.1. The first-order valence-corrected chi connectivity index (χ1v) is 9.30. The van der Waals surface area contributed by atoms with Gasteiger partial charge in [-0.15, -0.1) is 0 Å². The molecule has 2 aromatic carbocycles. The molecule has 0 aromatic heterocycles. The quantitative estimate of drug-likeness (QED) is 0.794. The molecule has 0 saturated carbocycles. The predicted octanol–water partition coefficient (Wildman–Crippen LogP) is 4.09. The average Bonchev–Trinajstić information content (AvgIpc) is 2.72. The third-order valence-electron chi connectivity index (χ3n) is 5.00. The van der Waals surface area contributed by atoms with Crippen molar-refractivity contribution in [3.63, 3.8) is 0 Å². The summed E-state index contributed by atoms with van der Waals surface area (Å²) in [5, 5.41) is 12.8. The molecular formula is C22H21ClN2O2. The van der Waals surface area contributed by atoms with E-state index in [1.807, 2.05) is 36.4 Å². The van der Waals surface area contributed by atoms with Crippen LogP contribution in [0.25, 0.3) is 6.08 Å². The maximum atomic E-state index is 12.4. The van der Waals surface area contributed by atoms with Gasteiger partial charge in [0.1, 0.15) is 0 Å². The number of halogens is 1. The maximum Gasteiger partial charge on any atom is 0.244 e.